The first-order valence-corrected chi connectivity index (χ1v) is 6.79. The first-order valence-electron chi connectivity index (χ1n) is 6.79. The fourth-order valence-electron chi connectivity index (χ4n) is 1.70. The van der Waals surface area contributed by atoms with Gasteiger partial charge in [-0.2, -0.15) is 14.9 Å². The van der Waals surface area contributed by atoms with E-state index in [0.29, 0.717) is 5.69 Å². The molecule has 0 atom stereocenters. The molecule has 0 aliphatic rings. The number of hydrogen-bond acceptors (Lipinski definition) is 6. The zero-order valence-electron chi connectivity index (χ0n) is 13.2. The van der Waals surface area contributed by atoms with Gasteiger partial charge in [0.15, 0.2) is 11.6 Å². The van der Waals surface area contributed by atoms with Crippen LogP contribution >= 0.6 is 0 Å². The summed E-state index contributed by atoms with van der Waals surface area (Å²) in [7, 11) is 0. The van der Waals surface area contributed by atoms with Crippen molar-refractivity contribution in [3.8, 4) is 5.82 Å². The van der Waals surface area contributed by atoms with E-state index >= 15 is 0 Å². The molecule has 0 aliphatic carbocycles. The predicted octanol–water partition coefficient (Wildman–Crippen LogP) is 2.02. The molecule has 0 fully saturated rings. The van der Waals surface area contributed by atoms with Crippen LogP contribution in [0.15, 0.2) is 18.3 Å². The van der Waals surface area contributed by atoms with Crippen molar-refractivity contribution in [2.24, 2.45) is 0 Å². The zero-order valence-corrected chi connectivity index (χ0v) is 13.2. The fraction of sp³-hybridized carbons (Fsp3) is 0.357. The zero-order chi connectivity index (χ0) is 17.2. The highest BCUT2D eigenvalue weighted by molar-refractivity contribution is 5.97. The number of aryl methyl sites for hydroxylation is 1. The highest BCUT2D eigenvalue weighted by Crippen LogP contribution is 2.20. The molecular weight excluding hydrogens is 302 g/mol. The Bertz CT molecular complexity index is 731. The maximum atomic E-state index is 11.9. The summed E-state index contributed by atoms with van der Waals surface area (Å²) in [5.41, 5.74) is -0.207. The van der Waals surface area contributed by atoms with Gasteiger partial charge in [0.1, 0.15) is 11.2 Å². The summed E-state index contributed by atoms with van der Waals surface area (Å²) in [6.07, 6.45) is 0.332. The van der Waals surface area contributed by atoms with Gasteiger partial charge in [-0.1, -0.05) is 0 Å². The third-order valence-electron chi connectivity index (χ3n) is 2.62. The van der Waals surface area contributed by atoms with Crippen molar-refractivity contribution < 1.29 is 19.4 Å². The number of aromatic carboxylic acids is 1. The molecule has 0 aromatic carbocycles. The minimum Gasteiger partial charge on any atom is -0.477 e. The van der Waals surface area contributed by atoms with E-state index in [1.807, 2.05) is 0 Å². The van der Waals surface area contributed by atoms with Gasteiger partial charge >= 0.3 is 12.1 Å². The summed E-state index contributed by atoms with van der Waals surface area (Å²) in [4.78, 5) is 23.2. The summed E-state index contributed by atoms with van der Waals surface area (Å²) in [6.45, 7) is 6.87. The molecule has 2 aromatic heterocycles. The molecule has 0 aliphatic heterocycles. The molecule has 2 rings (SSSR count). The molecule has 2 heterocycles. The summed E-state index contributed by atoms with van der Waals surface area (Å²) in [6, 6.07) is 3.31. The van der Waals surface area contributed by atoms with Gasteiger partial charge in [0.05, 0.1) is 11.9 Å². The number of carbonyl (C=O) groups is 2. The highest BCUT2D eigenvalue weighted by Gasteiger charge is 2.23. The summed E-state index contributed by atoms with van der Waals surface area (Å²) in [5.74, 6) is -1.01. The van der Waals surface area contributed by atoms with E-state index in [-0.39, 0.29) is 17.2 Å². The third-order valence-corrected chi connectivity index (χ3v) is 2.62. The number of amides is 1. The number of anilines is 1. The number of nitrogens with one attached hydrogen (secondary N) is 1. The first-order chi connectivity index (χ1) is 10.7. The molecule has 2 aromatic rings. The average Bonchev–Trinajstić information content (AvgIpc) is 2.81. The van der Waals surface area contributed by atoms with Crippen LogP contribution in [0.2, 0.25) is 0 Å². The van der Waals surface area contributed by atoms with E-state index in [0.717, 1.165) is 6.20 Å². The Morgan fingerprint density at radius 3 is 2.48 bits per heavy atom. The molecule has 9 heteroatoms. The number of aromatic nitrogens is 4. The minimum absolute atomic E-state index is 0.0510. The Hall–Kier alpha value is -2.97. The molecule has 0 bridgehead atoms. The lowest BCUT2D eigenvalue weighted by Crippen LogP contribution is -2.28. The Morgan fingerprint density at radius 2 is 1.96 bits per heavy atom. The highest BCUT2D eigenvalue weighted by atomic mass is 16.6. The van der Waals surface area contributed by atoms with Crippen LogP contribution in [-0.2, 0) is 4.74 Å². The van der Waals surface area contributed by atoms with Crippen molar-refractivity contribution in [1.82, 2.24) is 20.0 Å². The lowest BCUT2D eigenvalue weighted by Gasteiger charge is -2.20. The van der Waals surface area contributed by atoms with Gasteiger partial charge in [-0.15, -0.1) is 5.10 Å². The first kappa shape index (κ1) is 16.4. The van der Waals surface area contributed by atoms with E-state index in [1.54, 1.807) is 39.8 Å². The van der Waals surface area contributed by atoms with Crippen LogP contribution in [0, 0.1) is 6.92 Å². The van der Waals surface area contributed by atoms with E-state index in [4.69, 9.17) is 4.74 Å². The van der Waals surface area contributed by atoms with Crippen molar-refractivity contribution in [3.05, 3.63) is 29.6 Å². The molecule has 1 amide bonds. The van der Waals surface area contributed by atoms with Crippen molar-refractivity contribution in [2.75, 3.05) is 5.32 Å². The fourth-order valence-corrected chi connectivity index (χ4v) is 1.70. The maximum absolute atomic E-state index is 11.9. The summed E-state index contributed by atoms with van der Waals surface area (Å²) >= 11 is 0. The van der Waals surface area contributed by atoms with Crippen molar-refractivity contribution >= 4 is 17.9 Å². The van der Waals surface area contributed by atoms with Gasteiger partial charge < -0.3 is 9.84 Å². The van der Waals surface area contributed by atoms with E-state index in [2.05, 4.69) is 20.6 Å². The van der Waals surface area contributed by atoms with Crippen molar-refractivity contribution in [3.63, 3.8) is 0 Å². The lowest BCUT2D eigenvalue weighted by atomic mass is 10.2. The van der Waals surface area contributed by atoms with Gasteiger partial charge in [-0.05, 0) is 39.8 Å². The van der Waals surface area contributed by atoms with Crippen LogP contribution in [0.4, 0.5) is 10.6 Å². The lowest BCUT2D eigenvalue weighted by molar-refractivity contribution is 0.0635. The molecular formula is C14H17N5O4. The Morgan fingerprint density at radius 1 is 1.26 bits per heavy atom. The monoisotopic (exact) mass is 319 g/mol. The number of nitrogens with zero attached hydrogens (tertiary/aromatic N) is 4. The van der Waals surface area contributed by atoms with Gasteiger partial charge in [0.2, 0.25) is 0 Å². The Balaban J connectivity index is 2.39. The summed E-state index contributed by atoms with van der Waals surface area (Å²) in [5, 5.41) is 23.4. The SMILES string of the molecule is Cc1ccc(-n2ncc(C(=O)O)c2NC(=O)OC(C)(C)C)nn1. The Labute approximate surface area is 132 Å². The second kappa shape index (κ2) is 6.03. The van der Waals surface area contributed by atoms with Gasteiger partial charge in [0, 0.05) is 0 Å². The molecule has 0 saturated heterocycles. The molecule has 0 radical (unpaired) electrons. The quantitative estimate of drug-likeness (QED) is 0.888. The molecule has 0 unspecified atom stereocenters. The van der Waals surface area contributed by atoms with Crippen LogP contribution in [0.3, 0.4) is 0 Å². The normalized spacial score (nSPS) is 11.1. The molecule has 0 saturated carbocycles. The number of ether oxygens (including phenoxy) is 1. The molecule has 122 valence electrons. The number of rotatable bonds is 3. The molecule has 9 nitrogen and oxygen atoms in total. The van der Waals surface area contributed by atoms with Crippen LogP contribution in [0.5, 0.6) is 0 Å². The van der Waals surface area contributed by atoms with Crippen LogP contribution in [0.25, 0.3) is 5.82 Å². The predicted molar refractivity (Wildman–Crippen MR) is 80.7 cm³/mol. The van der Waals surface area contributed by atoms with E-state index in [1.165, 1.54) is 4.68 Å². The van der Waals surface area contributed by atoms with Crippen LogP contribution < -0.4 is 5.32 Å². The van der Waals surface area contributed by atoms with Gasteiger partial charge in [0.25, 0.3) is 0 Å². The van der Waals surface area contributed by atoms with Gasteiger partial charge in [-0.25, -0.2) is 9.59 Å². The molecule has 0 spiro atoms. The number of carboxylic acids is 1. The van der Waals surface area contributed by atoms with Crippen molar-refractivity contribution in [1.29, 1.82) is 0 Å². The van der Waals surface area contributed by atoms with E-state index < -0.39 is 17.7 Å². The molecule has 23 heavy (non-hydrogen) atoms. The standard InChI is InChI=1S/C14H17N5O4/c1-8-5-6-10(18-17-8)19-11(9(7-15-19)12(20)21)16-13(22)23-14(2,3)4/h5-7H,1-4H3,(H,16,22)(H,20,21). The molecule has 2 N–H and O–H groups in total. The second-order valence-electron chi connectivity index (χ2n) is 5.78. The van der Waals surface area contributed by atoms with Crippen LogP contribution in [0.1, 0.15) is 36.8 Å². The minimum atomic E-state index is -1.23. The summed E-state index contributed by atoms with van der Waals surface area (Å²) < 4.78 is 6.32. The largest absolute Gasteiger partial charge is 0.477 e. The average molecular weight is 319 g/mol. The number of hydrogen-bond donors (Lipinski definition) is 2. The van der Waals surface area contributed by atoms with E-state index in [9.17, 15) is 14.7 Å². The number of carboxylic acid groups (broad SMARTS) is 1. The third kappa shape index (κ3) is 4.02. The second-order valence-corrected chi connectivity index (χ2v) is 5.78. The van der Waals surface area contributed by atoms with Gasteiger partial charge in [-0.3, -0.25) is 5.32 Å². The maximum Gasteiger partial charge on any atom is 0.413 e. The van der Waals surface area contributed by atoms with Crippen LogP contribution in [-0.4, -0.2) is 42.7 Å². The topological polar surface area (TPSA) is 119 Å². The van der Waals surface area contributed by atoms with Crippen molar-refractivity contribution in [2.45, 2.75) is 33.3 Å². The smallest absolute Gasteiger partial charge is 0.413 e. The number of carbonyl (C=O) groups excluding carboxylic acids is 1. The Kier molecular flexibility index (Phi) is 4.30.